The minimum atomic E-state index is -3.85. The largest absolute Gasteiger partial charge is 0.348 e. The highest BCUT2D eigenvalue weighted by molar-refractivity contribution is 7.92. The topological polar surface area (TPSA) is 93.1 Å². The quantitative estimate of drug-likeness (QED) is 0.412. The molecule has 0 atom stereocenters. The molecule has 7 nitrogen and oxygen atoms in total. The zero-order valence-electron chi connectivity index (χ0n) is 19.2. The van der Waals surface area contributed by atoms with Crippen LogP contribution in [0.1, 0.15) is 32.9 Å². The fourth-order valence-electron chi connectivity index (χ4n) is 3.66. The molecule has 4 aromatic rings. The number of rotatable bonds is 7. The van der Waals surface area contributed by atoms with Gasteiger partial charge in [-0.2, -0.15) is 0 Å². The number of benzene rings is 3. The third kappa shape index (κ3) is 5.18. The number of imidazole rings is 1. The third-order valence-electron chi connectivity index (χ3n) is 5.50. The summed E-state index contributed by atoms with van der Waals surface area (Å²) in [5.41, 5.74) is 4.17. The lowest BCUT2D eigenvalue weighted by Gasteiger charge is -2.13. The van der Waals surface area contributed by atoms with E-state index in [1.54, 1.807) is 43.5 Å². The molecule has 0 aliphatic carbocycles. The smallest absolute Gasteiger partial charge is 0.262 e. The maximum atomic E-state index is 13.0. The molecule has 0 saturated heterocycles. The average Bonchev–Trinajstić information content (AvgIpc) is 3.23. The second kappa shape index (κ2) is 9.52. The first-order valence-electron chi connectivity index (χ1n) is 10.8. The zero-order chi connectivity index (χ0) is 24.3. The molecule has 0 aliphatic rings. The molecule has 0 radical (unpaired) electrons. The summed E-state index contributed by atoms with van der Waals surface area (Å²) in [6.45, 7) is 5.84. The van der Waals surface area contributed by atoms with Gasteiger partial charge in [-0.15, -0.1) is 0 Å². The van der Waals surface area contributed by atoms with Crippen molar-refractivity contribution >= 4 is 21.6 Å². The Kier molecular flexibility index (Phi) is 6.51. The lowest BCUT2D eigenvalue weighted by atomic mass is 10.1. The maximum Gasteiger partial charge on any atom is 0.262 e. The Bertz CT molecular complexity index is 1440. The van der Waals surface area contributed by atoms with Crippen molar-refractivity contribution in [2.75, 3.05) is 4.72 Å². The molecule has 0 fully saturated rings. The summed E-state index contributed by atoms with van der Waals surface area (Å²) in [7, 11) is -3.85. The Morgan fingerprint density at radius 1 is 0.971 bits per heavy atom. The van der Waals surface area contributed by atoms with Crippen LogP contribution in [0.5, 0.6) is 0 Å². The number of amides is 1. The van der Waals surface area contributed by atoms with E-state index in [2.05, 4.69) is 15.0 Å². The van der Waals surface area contributed by atoms with Gasteiger partial charge in [-0.1, -0.05) is 30.3 Å². The summed E-state index contributed by atoms with van der Waals surface area (Å²) in [6, 6.07) is 19.6. The molecule has 174 valence electrons. The molecular weight excluding hydrogens is 448 g/mol. The van der Waals surface area contributed by atoms with Gasteiger partial charge in [0.25, 0.3) is 15.9 Å². The van der Waals surface area contributed by atoms with Crippen LogP contribution in [0, 0.1) is 20.8 Å². The third-order valence-corrected chi connectivity index (χ3v) is 7.03. The molecular formula is C26H26N4O3S. The standard InChI is InChI=1S/C26H26N4O3S/c1-18-5-4-6-23(15-18)29-34(32,33)25-16-22(10-7-19(25)2)26(31)28-17-21-8-11-24(12-9-21)30-14-13-27-20(30)3/h4-16,29H,17H2,1-3H3,(H,28,31). The molecule has 0 aliphatic heterocycles. The van der Waals surface area contributed by atoms with Gasteiger partial charge in [0.2, 0.25) is 0 Å². The summed E-state index contributed by atoms with van der Waals surface area (Å²) in [5.74, 6) is 0.546. The molecule has 4 rings (SSSR count). The van der Waals surface area contributed by atoms with E-state index in [0.29, 0.717) is 17.8 Å². The van der Waals surface area contributed by atoms with E-state index in [1.807, 2.05) is 54.9 Å². The number of hydrogen-bond donors (Lipinski definition) is 2. The van der Waals surface area contributed by atoms with Gasteiger partial charge >= 0.3 is 0 Å². The van der Waals surface area contributed by atoms with Crippen molar-refractivity contribution in [1.82, 2.24) is 14.9 Å². The Morgan fingerprint density at radius 2 is 1.74 bits per heavy atom. The van der Waals surface area contributed by atoms with E-state index in [0.717, 1.165) is 22.6 Å². The predicted octanol–water partition coefficient (Wildman–Crippen LogP) is 4.53. The number of aromatic nitrogens is 2. The fourth-order valence-corrected chi connectivity index (χ4v) is 4.98. The molecule has 34 heavy (non-hydrogen) atoms. The number of carbonyl (C=O) groups is 1. The summed E-state index contributed by atoms with van der Waals surface area (Å²) in [6.07, 6.45) is 3.64. The minimum absolute atomic E-state index is 0.0710. The lowest BCUT2D eigenvalue weighted by molar-refractivity contribution is 0.0950. The fraction of sp³-hybridized carbons (Fsp3) is 0.154. The van der Waals surface area contributed by atoms with Gasteiger partial charge in [0, 0.05) is 35.9 Å². The summed E-state index contributed by atoms with van der Waals surface area (Å²) in [4.78, 5) is 17.1. The van der Waals surface area contributed by atoms with Crippen molar-refractivity contribution in [3.63, 3.8) is 0 Å². The van der Waals surface area contributed by atoms with Crippen LogP contribution < -0.4 is 10.0 Å². The summed E-state index contributed by atoms with van der Waals surface area (Å²) < 4.78 is 30.6. The van der Waals surface area contributed by atoms with E-state index in [4.69, 9.17) is 0 Å². The number of anilines is 1. The van der Waals surface area contributed by atoms with E-state index in [-0.39, 0.29) is 16.4 Å². The van der Waals surface area contributed by atoms with Crippen molar-refractivity contribution in [1.29, 1.82) is 0 Å². The predicted molar refractivity (Wildman–Crippen MR) is 133 cm³/mol. The highest BCUT2D eigenvalue weighted by Crippen LogP contribution is 2.22. The SMILES string of the molecule is Cc1cccc(NS(=O)(=O)c2cc(C(=O)NCc3ccc(-n4ccnc4C)cc3)ccc2C)c1. The number of nitrogens with one attached hydrogen (secondary N) is 2. The van der Waals surface area contributed by atoms with Gasteiger partial charge < -0.3 is 9.88 Å². The Morgan fingerprint density at radius 3 is 2.41 bits per heavy atom. The van der Waals surface area contributed by atoms with Crippen LogP contribution in [-0.2, 0) is 16.6 Å². The van der Waals surface area contributed by atoms with Gasteiger partial charge in [-0.25, -0.2) is 13.4 Å². The monoisotopic (exact) mass is 474 g/mol. The van der Waals surface area contributed by atoms with Crippen molar-refractivity contribution in [3.05, 3.63) is 107 Å². The first-order chi connectivity index (χ1) is 16.2. The van der Waals surface area contributed by atoms with Gasteiger partial charge in [0.1, 0.15) is 5.82 Å². The van der Waals surface area contributed by atoms with Crippen LogP contribution in [0.4, 0.5) is 5.69 Å². The average molecular weight is 475 g/mol. The Hall–Kier alpha value is -3.91. The number of hydrogen-bond acceptors (Lipinski definition) is 4. The molecule has 0 bridgehead atoms. The Labute approximate surface area is 199 Å². The van der Waals surface area contributed by atoms with E-state index < -0.39 is 10.0 Å². The first-order valence-corrected chi connectivity index (χ1v) is 12.3. The van der Waals surface area contributed by atoms with Crippen molar-refractivity contribution in [3.8, 4) is 5.69 Å². The maximum absolute atomic E-state index is 13.0. The van der Waals surface area contributed by atoms with Crippen molar-refractivity contribution in [2.24, 2.45) is 0 Å². The number of nitrogens with zero attached hydrogens (tertiary/aromatic N) is 2. The highest BCUT2D eigenvalue weighted by atomic mass is 32.2. The van der Waals surface area contributed by atoms with Crippen molar-refractivity contribution in [2.45, 2.75) is 32.2 Å². The second-order valence-electron chi connectivity index (χ2n) is 8.15. The molecule has 8 heteroatoms. The summed E-state index contributed by atoms with van der Waals surface area (Å²) >= 11 is 0. The normalized spacial score (nSPS) is 11.3. The van der Waals surface area contributed by atoms with Crippen molar-refractivity contribution < 1.29 is 13.2 Å². The highest BCUT2D eigenvalue weighted by Gasteiger charge is 2.19. The van der Waals surface area contributed by atoms with Crippen LogP contribution in [0.15, 0.2) is 84.0 Å². The van der Waals surface area contributed by atoms with Gasteiger partial charge in [-0.3, -0.25) is 9.52 Å². The van der Waals surface area contributed by atoms with Crippen LogP contribution in [0.3, 0.4) is 0 Å². The zero-order valence-corrected chi connectivity index (χ0v) is 20.1. The second-order valence-corrected chi connectivity index (χ2v) is 9.80. The first kappa shape index (κ1) is 23.3. The summed E-state index contributed by atoms with van der Waals surface area (Å²) in [5, 5.41) is 2.86. The molecule has 0 spiro atoms. The molecule has 1 heterocycles. The molecule has 1 aromatic heterocycles. The molecule has 1 amide bonds. The number of sulfonamides is 1. The minimum Gasteiger partial charge on any atom is -0.348 e. The molecule has 2 N–H and O–H groups in total. The van der Waals surface area contributed by atoms with Gasteiger partial charge in [0.15, 0.2) is 0 Å². The van der Waals surface area contributed by atoms with E-state index in [1.165, 1.54) is 6.07 Å². The van der Waals surface area contributed by atoms with E-state index in [9.17, 15) is 13.2 Å². The Balaban J connectivity index is 1.47. The van der Waals surface area contributed by atoms with Crippen LogP contribution in [0.25, 0.3) is 5.69 Å². The molecule has 0 unspecified atom stereocenters. The van der Waals surface area contributed by atoms with Crippen LogP contribution in [-0.4, -0.2) is 23.9 Å². The van der Waals surface area contributed by atoms with Gasteiger partial charge in [-0.05, 0) is 73.9 Å². The van der Waals surface area contributed by atoms with Crippen LogP contribution in [0.2, 0.25) is 0 Å². The molecule has 3 aromatic carbocycles. The van der Waals surface area contributed by atoms with Gasteiger partial charge in [0.05, 0.1) is 4.90 Å². The lowest BCUT2D eigenvalue weighted by Crippen LogP contribution is -2.23. The molecule has 0 saturated carbocycles. The number of carbonyl (C=O) groups excluding carboxylic acids is 1. The van der Waals surface area contributed by atoms with E-state index >= 15 is 0 Å². The van der Waals surface area contributed by atoms with Crippen LogP contribution >= 0.6 is 0 Å². The number of aryl methyl sites for hydroxylation is 3.